The van der Waals surface area contributed by atoms with Crippen LogP contribution in [-0.2, 0) is 0 Å². The molecule has 18 heavy (non-hydrogen) atoms. The van der Waals surface area contributed by atoms with Crippen molar-refractivity contribution in [2.75, 3.05) is 5.32 Å². The van der Waals surface area contributed by atoms with Crippen molar-refractivity contribution in [2.24, 2.45) is 0 Å². The molecule has 2 aromatic rings. The standard InChI is InChI=1S/C15H15Cl2N/c1-10-5-3-4-6-15(10)18-11(2)13-9-12(16)7-8-14(13)17/h3-9,11,18H,1-2H3. The van der Waals surface area contributed by atoms with Crippen molar-refractivity contribution in [1.29, 1.82) is 0 Å². The first kappa shape index (κ1) is 13.3. The molecule has 0 saturated carbocycles. The van der Waals surface area contributed by atoms with Gasteiger partial charge in [0.05, 0.1) is 6.04 Å². The molecule has 0 radical (unpaired) electrons. The predicted molar refractivity (Wildman–Crippen MR) is 79.7 cm³/mol. The molecule has 0 aliphatic heterocycles. The molecule has 1 atom stereocenters. The van der Waals surface area contributed by atoms with Crippen LogP contribution in [0.1, 0.15) is 24.1 Å². The molecule has 1 N–H and O–H groups in total. The third-order valence-corrected chi connectivity index (χ3v) is 3.52. The van der Waals surface area contributed by atoms with Crippen LogP contribution in [0.2, 0.25) is 10.0 Å². The van der Waals surface area contributed by atoms with Crippen molar-refractivity contribution in [3.05, 3.63) is 63.6 Å². The van der Waals surface area contributed by atoms with Crippen LogP contribution in [0.4, 0.5) is 5.69 Å². The molecule has 0 amide bonds. The van der Waals surface area contributed by atoms with Crippen molar-refractivity contribution in [1.82, 2.24) is 0 Å². The van der Waals surface area contributed by atoms with Gasteiger partial charge in [-0.05, 0) is 49.2 Å². The maximum absolute atomic E-state index is 6.20. The Kier molecular flexibility index (Phi) is 4.15. The lowest BCUT2D eigenvalue weighted by atomic mass is 10.1. The van der Waals surface area contributed by atoms with Crippen molar-refractivity contribution in [3.63, 3.8) is 0 Å². The minimum atomic E-state index is 0.109. The van der Waals surface area contributed by atoms with Gasteiger partial charge >= 0.3 is 0 Å². The summed E-state index contributed by atoms with van der Waals surface area (Å²) in [5.74, 6) is 0. The Balaban J connectivity index is 2.25. The van der Waals surface area contributed by atoms with Gasteiger partial charge in [-0.25, -0.2) is 0 Å². The molecule has 0 saturated heterocycles. The molecule has 1 nitrogen and oxygen atoms in total. The lowest BCUT2D eigenvalue weighted by Crippen LogP contribution is -2.08. The van der Waals surface area contributed by atoms with Gasteiger partial charge in [0, 0.05) is 15.7 Å². The van der Waals surface area contributed by atoms with E-state index in [0.29, 0.717) is 5.02 Å². The van der Waals surface area contributed by atoms with E-state index in [0.717, 1.165) is 16.3 Å². The lowest BCUT2D eigenvalue weighted by molar-refractivity contribution is 0.883. The molecule has 0 bridgehead atoms. The van der Waals surface area contributed by atoms with Crippen molar-refractivity contribution >= 4 is 28.9 Å². The van der Waals surface area contributed by atoms with Gasteiger partial charge in [0.25, 0.3) is 0 Å². The van der Waals surface area contributed by atoms with E-state index < -0.39 is 0 Å². The summed E-state index contributed by atoms with van der Waals surface area (Å²) in [5.41, 5.74) is 3.33. The predicted octanol–water partition coefficient (Wildman–Crippen LogP) is 5.47. The Labute approximate surface area is 118 Å². The highest BCUT2D eigenvalue weighted by molar-refractivity contribution is 6.33. The molecule has 0 fully saturated rings. The van der Waals surface area contributed by atoms with Crippen LogP contribution in [0.25, 0.3) is 0 Å². The fourth-order valence-corrected chi connectivity index (χ4v) is 2.35. The van der Waals surface area contributed by atoms with E-state index in [4.69, 9.17) is 23.2 Å². The third kappa shape index (κ3) is 2.98. The molecule has 0 spiro atoms. The number of anilines is 1. The zero-order chi connectivity index (χ0) is 13.1. The second kappa shape index (κ2) is 5.64. The first-order valence-corrected chi connectivity index (χ1v) is 6.60. The Morgan fingerprint density at radius 3 is 2.50 bits per heavy atom. The van der Waals surface area contributed by atoms with E-state index in [-0.39, 0.29) is 6.04 Å². The van der Waals surface area contributed by atoms with Crippen LogP contribution >= 0.6 is 23.2 Å². The van der Waals surface area contributed by atoms with Crippen molar-refractivity contribution in [2.45, 2.75) is 19.9 Å². The Hall–Kier alpha value is -1.18. The topological polar surface area (TPSA) is 12.0 Å². The quantitative estimate of drug-likeness (QED) is 0.785. The summed E-state index contributed by atoms with van der Waals surface area (Å²) in [6.45, 7) is 4.15. The summed E-state index contributed by atoms with van der Waals surface area (Å²) < 4.78 is 0. The van der Waals surface area contributed by atoms with Gasteiger partial charge in [-0.3, -0.25) is 0 Å². The molecular formula is C15H15Cl2N. The number of nitrogens with one attached hydrogen (secondary N) is 1. The molecule has 0 aliphatic carbocycles. The van der Waals surface area contributed by atoms with Gasteiger partial charge in [0.1, 0.15) is 0 Å². The second-order valence-electron chi connectivity index (χ2n) is 4.35. The van der Waals surface area contributed by atoms with Gasteiger partial charge in [0.2, 0.25) is 0 Å². The first-order chi connectivity index (χ1) is 8.58. The number of hydrogen-bond acceptors (Lipinski definition) is 1. The molecule has 0 aliphatic rings. The zero-order valence-corrected chi connectivity index (χ0v) is 11.9. The highest BCUT2D eigenvalue weighted by Crippen LogP contribution is 2.29. The average molecular weight is 280 g/mol. The minimum Gasteiger partial charge on any atom is -0.378 e. The van der Waals surface area contributed by atoms with Crippen LogP contribution in [-0.4, -0.2) is 0 Å². The molecule has 3 heteroatoms. The van der Waals surface area contributed by atoms with Crippen LogP contribution in [0.3, 0.4) is 0 Å². The summed E-state index contributed by atoms with van der Waals surface area (Å²) >= 11 is 12.2. The Morgan fingerprint density at radius 2 is 1.78 bits per heavy atom. The van der Waals surface area contributed by atoms with Gasteiger partial charge in [-0.2, -0.15) is 0 Å². The molecular weight excluding hydrogens is 265 g/mol. The number of para-hydroxylation sites is 1. The molecule has 0 heterocycles. The fourth-order valence-electron chi connectivity index (χ4n) is 1.89. The van der Waals surface area contributed by atoms with E-state index in [9.17, 15) is 0 Å². The smallest absolute Gasteiger partial charge is 0.0501 e. The number of benzene rings is 2. The maximum Gasteiger partial charge on any atom is 0.0501 e. The summed E-state index contributed by atoms with van der Waals surface area (Å²) in [4.78, 5) is 0. The number of hydrogen-bond donors (Lipinski definition) is 1. The Bertz CT molecular complexity index is 552. The normalized spacial score (nSPS) is 12.2. The van der Waals surface area contributed by atoms with Crippen LogP contribution in [0.5, 0.6) is 0 Å². The van der Waals surface area contributed by atoms with E-state index in [2.05, 4.69) is 31.3 Å². The molecule has 0 aromatic heterocycles. The molecule has 1 unspecified atom stereocenters. The fraction of sp³-hybridized carbons (Fsp3) is 0.200. The summed E-state index contributed by atoms with van der Waals surface area (Å²) in [5, 5.41) is 4.88. The van der Waals surface area contributed by atoms with E-state index in [1.807, 2.05) is 24.3 Å². The molecule has 2 rings (SSSR count). The lowest BCUT2D eigenvalue weighted by Gasteiger charge is -2.18. The summed E-state index contributed by atoms with van der Waals surface area (Å²) in [6, 6.07) is 13.8. The zero-order valence-electron chi connectivity index (χ0n) is 10.4. The van der Waals surface area contributed by atoms with Crippen LogP contribution in [0.15, 0.2) is 42.5 Å². The van der Waals surface area contributed by atoms with Crippen molar-refractivity contribution < 1.29 is 0 Å². The minimum absolute atomic E-state index is 0.109. The largest absolute Gasteiger partial charge is 0.378 e. The number of aryl methyl sites for hydroxylation is 1. The van der Waals surface area contributed by atoms with E-state index in [1.165, 1.54) is 5.56 Å². The highest BCUT2D eigenvalue weighted by atomic mass is 35.5. The molecule has 94 valence electrons. The van der Waals surface area contributed by atoms with Gasteiger partial charge in [-0.15, -0.1) is 0 Å². The second-order valence-corrected chi connectivity index (χ2v) is 5.19. The van der Waals surface area contributed by atoms with Crippen LogP contribution < -0.4 is 5.32 Å². The van der Waals surface area contributed by atoms with E-state index in [1.54, 1.807) is 6.07 Å². The number of halogens is 2. The number of rotatable bonds is 3. The first-order valence-electron chi connectivity index (χ1n) is 5.85. The summed E-state index contributed by atoms with van der Waals surface area (Å²) in [6.07, 6.45) is 0. The SMILES string of the molecule is Cc1ccccc1NC(C)c1cc(Cl)ccc1Cl. The summed E-state index contributed by atoms with van der Waals surface area (Å²) in [7, 11) is 0. The maximum atomic E-state index is 6.20. The molecule has 2 aromatic carbocycles. The monoisotopic (exact) mass is 279 g/mol. The van der Waals surface area contributed by atoms with Gasteiger partial charge < -0.3 is 5.32 Å². The van der Waals surface area contributed by atoms with Gasteiger partial charge in [0.15, 0.2) is 0 Å². The van der Waals surface area contributed by atoms with Crippen LogP contribution in [0, 0.1) is 6.92 Å². The third-order valence-electron chi connectivity index (χ3n) is 2.94. The highest BCUT2D eigenvalue weighted by Gasteiger charge is 2.10. The van der Waals surface area contributed by atoms with Gasteiger partial charge in [-0.1, -0.05) is 41.4 Å². The Morgan fingerprint density at radius 1 is 1.06 bits per heavy atom. The van der Waals surface area contributed by atoms with E-state index >= 15 is 0 Å². The van der Waals surface area contributed by atoms with Crippen molar-refractivity contribution in [3.8, 4) is 0 Å². The average Bonchev–Trinajstić information content (AvgIpc) is 2.35.